The van der Waals surface area contributed by atoms with E-state index >= 15 is 0 Å². The van der Waals surface area contributed by atoms with Gasteiger partial charge in [-0.25, -0.2) is 4.39 Å². The van der Waals surface area contributed by atoms with Crippen LogP contribution in [-0.4, -0.2) is 23.4 Å². The summed E-state index contributed by atoms with van der Waals surface area (Å²) in [4.78, 5) is 14.5. The van der Waals surface area contributed by atoms with Gasteiger partial charge < -0.3 is 4.90 Å². The fourth-order valence-corrected chi connectivity index (χ4v) is 2.76. The average Bonchev–Trinajstić information content (AvgIpc) is 2.78. The smallest absolute Gasteiger partial charge is 0.241 e. The number of halogens is 1. The van der Waals surface area contributed by atoms with Gasteiger partial charge >= 0.3 is 0 Å². The standard InChI is InChI=1S/C17H25FN2O/c1-4-6-15-17(21)20(11-12(3)5-2)16(19-15)13-7-9-14(18)10-8-13/h7-10,12,15-16,19H,4-6,11H2,1-3H3. The van der Waals surface area contributed by atoms with Crippen molar-refractivity contribution in [2.75, 3.05) is 6.54 Å². The zero-order valence-corrected chi connectivity index (χ0v) is 13.1. The van der Waals surface area contributed by atoms with Crippen molar-refractivity contribution in [3.8, 4) is 0 Å². The summed E-state index contributed by atoms with van der Waals surface area (Å²) in [6.45, 7) is 7.11. The van der Waals surface area contributed by atoms with Gasteiger partial charge in [0, 0.05) is 6.54 Å². The van der Waals surface area contributed by atoms with Crippen molar-refractivity contribution in [3.05, 3.63) is 35.6 Å². The van der Waals surface area contributed by atoms with Crippen molar-refractivity contribution in [2.45, 2.75) is 52.2 Å². The van der Waals surface area contributed by atoms with Gasteiger partial charge in [-0.2, -0.15) is 0 Å². The maximum Gasteiger partial charge on any atom is 0.241 e. The summed E-state index contributed by atoms with van der Waals surface area (Å²) >= 11 is 0. The van der Waals surface area contributed by atoms with Crippen LogP contribution >= 0.6 is 0 Å². The molecule has 3 unspecified atom stereocenters. The van der Waals surface area contributed by atoms with Gasteiger partial charge in [0.05, 0.1) is 6.04 Å². The minimum absolute atomic E-state index is 0.117. The predicted molar refractivity (Wildman–Crippen MR) is 82.1 cm³/mol. The highest BCUT2D eigenvalue weighted by atomic mass is 19.1. The first-order valence-corrected chi connectivity index (χ1v) is 7.88. The lowest BCUT2D eigenvalue weighted by Gasteiger charge is -2.27. The average molecular weight is 292 g/mol. The minimum atomic E-state index is -0.248. The highest BCUT2D eigenvalue weighted by molar-refractivity contribution is 5.84. The molecule has 1 aromatic carbocycles. The summed E-state index contributed by atoms with van der Waals surface area (Å²) in [5, 5.41) is 3.41. The van der Waals surface area contributed by atoms with Crippen molar-refractivity contribution in [2.24, 2.45) is 5.92 Å². The normalized spacial score (nSPS) is 23.6. The van der Waals surface area contributed by atoms with Crippen LogP contribution in [0.5, 0.6) is 0 Å². The van der Waals surface area contributed by atoms with Crippen molar-refractivity contribution in [1.29, 1.82) is 0 Å². The molecular weight excluding hydrogens is 267 g/mol. The lowest BCUT2D eigenvalue weighted by atomic mass is 10.1. The number of hydrogen-bond donors (Lipinski definition) is 1. The van der Waals surface area contributed by atoms with Crippen LogP contribution in [0.2, 0.25) is 0 Å². The van der Waals surface area contributed by atoms with E-state index in [-0.39, 0.29) is 23.9 Å². The molecule has 116 valence electrons. The summed E-state index contributed by atoms with van der Waals surface area (Å²) in [5.41, 5.74) is 0.951. The van der Waals surface area contributed by atoms with Crippen LogP contribution in [0.15, 0.2) is 24.3 Å². The van der Waals surface area contributed by atoms with E-state index < -0.39 is 0 Å². The van der Waals surface area contributed by atoms with E-state index in [1.165, 1.54) is 12.1 Å². The van der Waals surface area contributed by atoms with E-state index in [0.29, 0.717) is 5.92 Å². The van der Waals surface area contributed by atoms with Gasteiger partial charge in [0.15, 0.2) is 0 Å². The van der Waals surface area contributed by atoms with Gasteiger partial charge in [0.25, 0.3) is 0 Å². The number of carbonyl (C=O) groups is 1. The number of nitrogens with zero attached hydrogens (tertiary/aromatic N) is 1. The molecule has 1 fully saturated rings. The lowest BCUT2D eigenvalue weighted by molar-refractivity contribution is -0.130. The maximum absolute atomic E-state index is 13.1. The van der Waals surface area contributed by atoms with Crippen molar-refractivity contribution >= 4 is 5.91 Å². The van der Waals surface area contributed by atoms with Crippen molar-refractivity contribution in [1.82, 2.24) is 10.2 Å². The molecule has 1 N–H and O–H groups in total. The van der Waals surface area contributed by atoms with Gasteiger partial charge in [-0.05, 0) is 30.0 Å². The molecule has 1 heterocycles. The lowest BCUT2D eigenvalue weighted by Crippen LogP contribution is -2.34. The first kappa shape index (κ1) is 16.0. The first-order chi connectivity index (χ1) is 10.1. The Morgan fingerprint density at radius 1 is 1.29 bits per heavy atom. The van der Waals surface area contributed by atoms with Crippen LogP contribution in [0.4, 0.5) is 4.39 Å². The highest BCUT2D eigenvalue weighted by Crippen LogP contribution is 2.28. The molecule has 0 aromatic heterocycles. The van der Waals surface area contributed by atoms with E-state index in [0.717, 1.165) is 31.4 Å². The molecule has 0 radical (unpaired) electrons. The summed E-state index contributed by atoms with van der Waals surface area (Å²) < 4.78 is 13.1. The quantitative estimate of drug-likeness (QED) is 0.870. The summed E-state index contributed by atoms with van der Waals surface area (Å²) in [6.07, 6.45) is 2.71. The molecule has 4 heteroatoms. The van der Waals surface area contributed by atoms with Gasteiger partial charge in [-0.15, -0.1) is 0 Å². The number of hydrogen-bond acceptors (Lipinski definition) is 2. The first-order valence-electron chi connectivity index (χ1n) is 7.88. The largest absolute Gasteiger partial charge is 0.321 e. The molecule has 1 aliphatic heterocycles. The van der Waals surface area contributed by atoms with Crippen LogP contribution in [0.1, 0.15) is 51.8 Å². The van der Waals surface area contributed by atoms with E-state index in [2.05, 4.69) is 26.1 Å². The molecule has 1 aliphatic rings. The Morgan fingerprint density at radius 3 is 2.52 bits per heavy atom. The second-order valence-electron chi connectivity index (χ2n) is 5.97. The van der Waals surface area contributed by atoms with Crippen molar-refractivity contribution < 1.29 is 9.18 Å². The molecule has 21 heavy (non-hydrogen) atoms. The van der Waals surface area contributed by atoms with E-state index in [4.69, 9.17) is 0 Å². The molecule has 0 bridgehead atoms. The third-order valence-corrected chi connectivity index (χ3v) is 4.22. The maximum atomic E-state index is 13.1. The molecule has 3 nitrogen and oxygen atoms in total. The predicted octanol–water partition coefficient (Wildman–Crippen LogP) is 3.47. The zero-order valence-electron chi connectivity index (χ0n) is 13.1. The Morgan fingerprint density at radius 2 is 1.95 bits per heavy atom. The fraction of sp³-hybridized carbons (Fsp3) is 0.588. The second kappa shape index (κ2) is 7.03. The van der Waals surface area contributed by atoms with Gasteiger partial charge in [-0.1, -0.05) is 45.7 Å². The van der Waals surface area contributed by atoms with Gasteiger partial charge in [0.2, 0.25) is 5.91 Å². The Labute approximate surface area is 126 Å². The Balaban J connectivity index is 2.22. The third-order valence-electron chi connectivity index (χ3n) is 4.22. The van der Waals surface area contributed by atoms with Gasteiger partial charge in [0.1, 0.15) is 12.0 Å². The van der Waals surface area contributed by atoms with Crippen LogP contribution in [0.3, 0.4) is 0 Å². The Bertz CT molecular complexity index is 474. The molecule has 0 spiro atoms. The number of rotatable bonds is 6. The molecular formula is C17H25FN2O. The third kappa shape index (κ3) is 3.62. The zero-order chi connectivity index (χ0) is 15.4. The number of carbonyl (C=O) groups excluding carboxylic acids is 1. The SMILES string of the molecule is CCCC1NC(c2ccc(F)cc2)N(CC(C)CC)C1=O. The van der Waals surface area contributed by atoms with E-state index in [1.807, 2.05) is 4.90 Å². The topological polar surface area (TPSA) is 32.3 Å². The molecule has 1 aromatic rings. The number of benzene rings is 1. The summed E-state index contributed by atoms with van der Waals surface area (Å²) in [5.74, 6) is 0.382. The van der Waals surface area contributed by atoms with E-state index in [9.17, 15) is 9.18 Å². The number of amides is 1. The van der Waals surface area contributed by atoms with Crippen LogP contribution in [-0.2, 0) is 4.79 Å². The minimum Gasteiger partial charge on any atom is -0.321 e. The van der Waals surface area contributed by atoms with Crippen LogP contribution < -0.4 is 5.32 Å². The Hall–Kier alpha value is -1.42. The monoisotopic (exact) mass is 292 g/mol. The van der Waals surface area contributed by atoms with E-state index in [1.54, 1.807) is 12.1 Å². The molecule has 1 saturated heterocycles. The second-order valence-corrected chi connectivity index (χ2v) is 5.97. The molecule has 1 amide bonds. The molecule has 3 atom stereocenters. The van der Waals surface area contributed by atoms with Crippen molar-refractivity contribution in [3.63, 3.8) is 0 Å². The fourth-order valence-electron chi connectivity index (χ4n) is 2.76. The van der Waals surface area contributed by atoms with Crippen LogP contribution in [0.25, 0.3) is 0 Å². The number of nitrogens with one attached hydrogen (secondary N) is 1. The summed E-state index contributed by atoms with van der Waals surface area (Å²) in [7, 11) is 0. The van der Waals surface area contributed by atoms with Crippen LogP contribution in [0, 0.1) is 11.7 Å². The Kier molecular flexibility index (Phi) is 5.34. The van der Waals surface area contributed by atoms with Gasteiger partial charge in [-0.3, -0.25) is 10.1 Å². The molecule has 0 aliphatic carbocycles. The highest BCUT2D eigenvalue weighted by Gasteiger charge is 2.39. The molecule has 2 rings (SSSR count). The summed E-state index contributed by atoms with van der Waals surface area (Å²) in [6, 6.07) is 6.32. The molecule has 0 saturated carbocycles.